The molecule has 2 heterocycles. The molecular formula is C24H28N2O7. The molecule has 1 atom stereocenters. The monoisotopic (exact) mass is 456 g/mol. The number of hydrogen-bond donors (Lipinski definition) is 2. The van der Waals surface area contributed by atoms with E-state index in [1.165, 1.54) is 11.8 Å². The second-order valence-corrected chi connectivity index (χ2v) is 7.78. The molecule has 3 rings (SSSR count). The van der Waals surface area contributed by atoms with E-state index in [0.29, 0.717) is 17.4 Å². The summed E-state index contributed by atoms with van der Waals surface area (Å²) >= 11 is 0. The largest absolute Gasteiger partial charge is 0.482 e. The van der Waals surface area contributed by atoms with Crippen LogP contribution in [0.5, 0.6) is 5.75 Å². The van der Waals surface area contributed by atoms with Gasteiger partial charge in [-0.15, -0.1) is 0 Å². The normalized spacial score (nSPS) is 15.7. The number of aryl methyl sites for hydroxylation is 1. The summed E-state index contributed by atoms with van der Waals surface area (Å²) in [5.74, 6) is -0.0299. The van der Waals surface area contributed by atoms with E-state index in [1.807, 2.05) is 19.1 Å². The molecule has 0 saturated heterocycles. The van der Waals surface area contributed by atoms with Gasteiger partial charge in [0.15, 0.2) is 6.61 Å². The number of amides is 2. The maximum Gasteiger partial charge on any atom is 0.344 e. The van der Waals surface area contributed by atoms with E-state index < -0.39 is 24.0 Å². The number of hydrogen-bond acceptors (Lipinski definition) is 7. The Balaban J connectivity index is 1.69. The van der Waals surface area contributed by atoms with Gasteiger partial charge in [-0.2, -0.15) is 0 Å². The quantitative estimate of drug-likeness (QED) is 0.555. The molecule has 0 aliphatic carbocycles. The van der Waals surface area contributed by atoms with Gasteiger partial charge < -0.3 is 29.3 Å². The molecule has 33 heavy (non-hydrogen) atoms. The molecule has 0 saturated carbocycles. The average molecular weight is 456 g/mol. The van der Waals surface area contributed by atoms with Gasteiger partial charge in [0.05, 0.1) is 24.1 Å². The summed E-state index contributed by atoms with van der Waals surface area (Å²) in [7, 11) is 0. The van der Waals surface area contributed by atoms with Crippen molar-refractivity contribution in [1.82, 2.24) is 10.6 Å². The fourth-order valence-electron chi connectivity index (χ4n) is 3.57. The number of carbonyl (C=O) groups excluding carboxylic acids is 3. The molecule has 2 N–H and O–H groups in total. The molecule has 0 radical (unpaired) electrons. The third-order valence-electron chi connectivity index (χ3n) is 5.07. The summed E-state index contributed by atoms with van der Waals surface area (Å²) in [6.45, 7) is 7.34. The third-order valence-corrected chi connectivity index (χ3v) is 5.07. The van der Waals surface area contributed by atoms with Crippen LogP contribution in [0.2, 0.25) is 0 Å². The summed E-state index contributed by atoms with van der Waals surface area (Å²) in [4.78, 5) is 37.0. The Labute approximate surface area is 192 Å². The minimum Gasteiger partial charge on any atom is -0.482 e. The van der Waals surface area contributed by atoms with E-state index in [2.05, 4.69) is 24.5 Å². The van der Waals surface area contributed by atoms with Crippen molar-refractivity contribution < 1.29 is 33.0 Å². The number of urea groups is 1. The van der Waals surface area contributed by atoms with E-state index in [-0.39, 0.29) is 31.1 Å². The lowest BCUT2D eigenvalue weighted by Gasteiger charge is -2.27. The minimum atomic E-state index is -0.875. The Hall–Kier alpha value is -3.75. The van der Waals surface area contributed by atoms with E-state index in [1.54, 1.807) is 25.1 Å². The van der Waals surface area contributed by atoms with Crippen LogP contribution in [0.15, 0.2) is 52.3 Å². The molecule has 1 aliphatic heterocycles. The van der Waals surface area contributed by atoms with Crippen molar-refractivity contribution in [2.75, 3.05) is 19.8 Å². The van der Waals surface area contributed by atoms with Crippen LogP contribution >= 0.6 is 0 Å². The van der Waals surface area contributed by atoms with E-state index in [0.717, 1.165) is 5.56 Å². The molecule has 0 bridgehead atoms. The Morgan fingerprint density at radius 3 is 2.61 bits per heavy atom. The smallest absolute Gasteiger partial charge is 0.344 e. The highest BCUT2D eigenvalue weighted by Gasteiger charge is 2.35. The number of carbonyl (C=O) groups is 3. The van der Waals surface area contributed by atoms with Crippen LogP contribution in [0, 0.1) is 6.92 Å². The molecule has 1 unspecified atom stereocenters. The molecule has 9 nitrogen and oxygen atoms in total. The molecule has 176 valence electrons. The molecular weight excluding hydrogens is 428 g/mol. The Morgan fingerprint density at radius 1 is 1.18 bits per heavy atom. The number of nitrogens with one attached hydrogen (secondary N) is 2. The first kappa shape index (κ1) is 23.9. The van der Waals surface area contributed by atoms with Crippen molar-refractivity contribution in [1.29, 1.82) is 0 Å². The van der Waals surface area contributed by atoms with Gasteiger partial charge in [0, 0.05) is 0 Å². The van der Waals surface area contributed by atoms with Gasteiger partial charge in [0.1, 0.15) is 24.2 Å². The summed E-state index contributed by atoms with van der Waals surface area (Å²) in [6, 6.07) is 7.46. The molecule has 2 aromatic rings. The van der Waals surface area contributed by atoms with Crippen molar-refractivity contribution in [2.45, 2.75) is 39.7 Å². The second kappa shape index (κ2) is 10.7. The van der Waals surface area contributed by atoms with Crippen molar-refractivity contribution in [2.24, 2.45) is 0 Å². The standard InChI is InChI=1S/C24H28N2O7/c1-5-30-23(28)21-18(25-24(29)26-22(21)19-7-6-10-31-19)12-33-20(27)13-32-16-8-9-17(14(2)3)15(4)11-16/h6-11,14,22H,5,12-13H2,1-4H3,(H2,25,26,29). The molecule has 1 aliphatic rings. The second-order valence-electron chi connectivity index (χ2n) is 7.78. The highest BCUT2D eigenvalue weighted by atomic mass is 16.6. The number of benzene rings is 1. The Bertz CT molecular complexity index is 1040. The number of ether oxygens (including phenoxy) is 3. The zero-order valence-electron chi connectivity index (χ0n) is 19.1. The SMILES string of the molecule is CCOC(=O)C1=C(COC(=O)COc2ccc(C(C)C)c(C)c2)NC(=O)NC1c1ccco1. The van der Waals surface area contributed by atoms with Crippen molar-refractivity contribution in [3.05, 3.63) is 64.8 Å². The van der Waals surface area contributed by atoms with Crippen molar-refractivity contribution >= 4 is 18.0 Å². The Kier molecular flexibility index (Phi) is 7.76. The van der Waals surface area contributed by atoms with Crippen LogP contribution in [0.1, 0.15) is 49.6 Å². The first-order chi connectivity index (χ1) is 15.8. The summed E-state index contributed by atoms with van der Waals surface area (Å²) < 4.78 is 21.3. The number of esters is 2. The molecule has 0 fully saturated rings. The van der Waals surface area contributed by atoms with Gasteiger partial charge in [0.2, 0.25) is 0 Å². The highest BCUT2D eigenvalue weighted by Crippen LogP contribution is 2.28. The van der Waals surface area contributed by atoms with Crippen LogP contribution in [-0.4, -0.2) is 37.8 Å². The van der Waals surface area contributed by atoms with Crippen molar-refractivity contribution in [3.8, 4) is 5.75 Å². The van der Waals surface area contributed by atoms with E-state index in [9.17, 15) is 14.4 Å². The predicted molar refractivity (Wildman–Crippen MR) is 118 cm³/mol. The van der Waals surface area contributed by atoms with Crippen LogP contribution in [-0.2, 0) is 19.1 Å². The van der Waals surface area contributed by atoms with Crippen LogP contribution < -0.4 is 15.4 Å². The lowest BCUT2D eigenvalue weighted by molar-refractivity contribution is -0.145. The first-order valence-corrected chi connectivity index (χ1v) is 10.7. The molecule has 1 aromatic heterocycles. The van der Waals surface area contributed by atoms with Gasteiger partial charge in [-0.3, -0.25) is 0 Å². The molecule has 2 amide bonds. The van der Waals surface area contributed by atoms with Gasteiger partial charge in [-0.05, 0) is 55.2 Å². The average Bonchev–Trinajstić information content (AvgIpc) is 3.30. The van der Waals surface area contributed by atoms with Gasteiger partial charge >= 0.3 is 18.0 Å². The number of furan rings is 1. The van der Waals surface area contributed by atoms with Crippen LogP contribution in [0.3, 0.4) is 0 Å². The van der Waals surface area contributed by atoms with Crippen molar-refractivity contribution in [3.63, 3.8) is 0 Å². The maximum absolute atomic E-state index is 12.6. The molecule has 1 aromatic carbocycles. The highest BCUT2D eigenvalue weighted by molar-refractivity contribution is 5.95. The summed E-state index contributed by atoms with van der Waals surface area (Å²) in [5.41, 5.74) is 2.49. The lowest BCUT2D eigenvalue weighted by Crippen LogP contribution is -2.47. The zero-order chi connectivity index (χ0) is 24.0. The minimum absolute atomic E-state index is 0.0972. The zero-order valence-corrected chi connectivity index (χ0v) is 19.1. The Morgan fingerprint density at radius 2 is 1.97 bits per heavy atom. The predicted octanol–water partition coefficient (Wildman–Crippen LogP) is 3.50. The fraction of sp³-hybridized carbons (Fsp3) is 0.375. The molecule has 0 spiro atoms. The summed E-state index contributed by atoms with van der Waals surface area (Å²) in [6.07, 6.45) is 1.43. The fourth-order valence-corrected chi connectivity index (χ4v) is 3.57. The molecule has 9 heteroatoms. The first-order valence-electron chi connectivity index (χ1n) is 10.7. The van der Waals surface area contributed by atoms with Gasteiger partial charge in [-0.1, -0.05) is 19.9 Å². The van der Waals surface area contributed by atoms with E-state index in [4.69, 9.17) is 18.6 Å². The van der Waals surface area contributed by atoms with Crippen LogP contribution in [0.4, 0.5) is 4.79 Å². The maximum atomic E-state index is 12.6. The van der Waals surface area contributed by atoms with Gasteiger partial charge in [0.25, 0.3) is 0 Å². The number of rotatable bonds is 9. The lowest BCUT2D eigenvalue weighted by atomic mass is 9.98. The summed E-state index contributed by atoms with van der Waals surface area (Å²) in [5, 5.41) is 5.14. The van der Waals surface area contributed by atoms with Crippen LogP contribution in [0.25, 0.3) is 0 Å². The van der Waals surface area contributed by atoms with Gasteiger partial charge in [-0.25, -0.2) is 14.4 Å². The third kappa shape index (κ3) is 5.94. The van der Waals surface area contributed by atoms with E-state index >= 15 is 0 Å². The topological polar surface area (TPSA) is 116 Å².